The van der Waals surface area contributed by atoms with E-state index in [0.29, 0.717) is 45.7 Å². The van der Waals surface area contributed by atoms with Gasteiger partial charge in [0.15, 0.2) is 0 Å². The lowest BCUT2D eigenvalue weighted by atomic mass is 9.86. The first-order valence-electron chi connectivity index (χ1n) is 13.4. The molecule has 4 unspecified atom stereocenters. The van der Waals surface area contributed by atoms with Crippen LogP contribution < -0.4 is 0 Å². The lowest BCUT2D eigenvalue weighted by molar-refractivity contribution is -0.149. The lowest BCUT2D eigenvalue weighted by Crippen LogP contribution is -2.52. The van der Waals surface area contributed by atoms with Crippen molar-refractivity contribution in [2.24, 2.45) is 11.8 Å². The molecule has 0 fully saturated rings. The molecule has 0 radical (unpaired) electrons. The van der Waals surface area contributed by atoms with Gasteiger partial charge in [-0.25, -0.2) is 0 Å². The number of benzene rings is 1. The van der Waals surface area contributed by atoms with Gasteiger partial charge in [0.05, 0.1) is 12.5 Å². The molecule has 1 aromatic carbocycles. The third-order valence-corrected chi connectivity index (χ3v) is 10.1. The molecular formula is C28H48O6Si. The van der Waals surface area contributed by atoms with E-state index in [1.807, 2.05) is 45.9 Å². The Hall–Kier alpha value is -1.54. The van der Waals surface area contributed by atoms with E-state index in [0.717, 1.165) is 12.8 Å². The fraction of sp³-hybridized carbons (Fsp3) is 0.714. The average Bonchev–Trinajstić information content (AvgIpc) is 2.83. The minimum absolute atomic E-state index is 0.113. The quantitative estimate of drug-likeness (QED) is 0.120. The zero-order chi connectivity index (χ0) is 26.3. The summed E-state index contributed by atoms with van der Waals surface area (Å²) in [6, 6.07) is 10.2. The highest BCUT2D eigenvalue weighted by Gasteiger charge is 2.51. The Morgan fingerprint density at radius 2 is 1.43 bits per heavy atom. The molecule has 0 spiro atoms. The number of ether oxygens (including phenoxy) is 1. The summed E-state index contributed by atoms with van der Waals surface area (Å²) in [7, 11) is -3.17. The van der Waals surface area contributed by atoms with Crippen LogP contribution >= 0.6 is 0 Å². The van der Waals surface area contributed by atoms with Crippen LogP contribution in [0.25, 0.3) is 0 Å². The van der Waals surface area contributed by atoms with Crippen LogP contribution in [0.1, 0.15) is 92.1 Å². The van der Waals surface area contributed by atoms with Crippen molar-refractivity contribution in [2.45, 2.75) is 92.0 Å². The van der Waals surface area contributed by atoms with Crippen molar-refractivity contribution in [3.63, 3.8) is 0 Å². The Morgan fingerprint density at radius 1 is 0.857 bits per heavy atom. The van der Waals surface area contributed by atoms with E-state index in [1.54, 1.807) is 6.92 Å². The molecule has 1 aromatic rings. The highest BCUT2D eigenvalue weighted by molar-refractivity contribution is 6.62. The average molecular weight is 509 g/mol. The summed E-state index contributed by atoms with van der Waals surface area (Å²) in [5.41, 5.74) is 1.00. The van der Waals surface area contributed by atoms with Crippen LogP contribution in [0.15, 0.2) is 30.3 Å². The van der Waals surface area contributed by atoms with Gasteiger partial charge in [-0.3, -0.25) is 9.59 Å². The van der Waals surface area contributed by atoms with Crippen molar-refractivity contribution >= 4 is 20.6 Å². The predicted octanol–water partition coefficient (Wildman–Crippen LogP) is 6.56. The number of ketones is 1. The standard InChI is InChI=1S/C28H48O6Si/c1-8-12-18-31-28(30)26(19-23(6)25-16-14-13-15-17-25)21-27(20-22(5)24(7)29)35(32-9-2,33-10-3)34-11-4/h13-17,22-23,26-27H,8-12,18-21H2,1-7H3. The summed E-state index contributed by atoms with van der Waals surface area (Å²) in [5.74, 6) is -0.430. The molecule has 0 saturated heterocycles. The number of hydrogen-bond acceptors (Lipinski definition) is 6. The highest BCUT2D eigenvalue weighted by Crippen LogP contribution is 2.40. The lowest BCUT2D eigenvalue weighted by Gasteiger charge is -2.37. The molecule has 200 valence electrons. The summed E-state index contributed by atoms with van der Waals surface area (Å²) in [6.07, 6.45) is 3.51. The van der Waals surface area contributed by atoms with E-state index in [4.69, 9.17) is 18.0 Å². The molecule has 7 heteroatoms. The van der Waals surface area contributed by atoms with Crippen LogP contribution in [-0.2, 0) is 27.6 Å². The van der Waals surface area contributed by atoms with Crippen molar-refractivity contribution in [3.05, 3.63) is 35.9 Å². The Kier molecular flexibility index (Phi) is 15.3. The van der Waals surface area contributed by atoms with Crippen LogP contribution in [0.5, 0.6) is 0 Å². The molecule has 1 rings (SSSR count). The van der Waals surface area contributed by atoms with E-state index in [9.17, 15) is 9.59 Å². The van der Waals surface area contributed by atoms with Gasteiger partial charge < -0.3 is 18.0 Å². The molecule has 35 heavy (non-hydrogen) atoms. The normalized spacial score (nSPS) is 15.3. The monoisotopic (exact) mass is 508 g/mol. The van der Waals surface area contributed by atoms with E-state index < -0.39 is 8.80 Å². The van der Waals surface area contributed by atoms with Gasteiger partial charge in [-0.1, -0.05) is 57.5 Å². The van der Waals surface area contributed by atoms with Crippen molar-refractivity contribution in [1.29, 1.82) is 0 Å². The minimum atomic E-state index is -3.17. The molecule has 0 saturated carbocycles. The zero-order valence-corrected chi connectivity index (χ0v) is 24.0. The number of esters is 1. The number of rotatable bonds is 19. The van der Waals surface area contributed by atoms with Crippen molar-refractivity contribution in [3.8, 4) is 0 Å². The maximum absolute atomic E-state index is 13.3. The van der Waals surface area contributed by atoms with Gasteiger partial charge in [0, 0.05) is 31.3 Å². The van der Waals surface area contributed by atoms with E-state index in [2.05, 4.69) is 26.0 Å². The number of hydrogen-bond donors (Lipinski definition) is 0. The zero-order valence-electron chi connectivity index (χ0n) is 23.0. The van der Waals surface area contributed by atoms with Gasteiger partial charge in [0.1, 0.15) is 5.78 Å². The molecule has 0 aliphatic carbocycles. The smallest absolute Gasteiger partial charge is 0.465 e. The summed E-state index contributed by atoms with van der Waals surface area (Å²) < 4.78 is 24.5. The maximum atomic E-state index is 13.3. The van der Waals surface area contributed by atoms with Gasteiger partial charge in [0.25, 0.3) is 0 Å². The van der Waals surface area contributed by atoms with Gasteiger partial charge in [-0.15, -0.1) is 0 Å². The molecule has 0 heterocycles. The molecule has 4 atom stereocenters. The number of Topliss-reactive ketones (excluding diaryl/α,β-unsaturated/α-hetero) is 1. The van der Waals surface area contributed by atoms with Crippen LogP contribution in [0.2, 0.25) is 5.54 Å². The Bertz CT molecular complexity index is 708. The fourth-order valence-corrected chi connectivity index (χ4v) is 7.85. The van der Waals surface area contributed by atoms with E-state index in [1.165, 1.54) is 5.56 Å². The van der Waals surface area contributed by atoms with Gasteiger partial charge in [0.2, 0.25) is 0 Å². The summed E-state index contributed by atoms with van der Waals surface area (Å²) in [4.78, 5) is 25.6. The first-order valence-corrected chi connectivity index (χ1v) is 15.2. The summed E-state index contributed by atoms with van der Waals surface area (Å²) in [6.45, 7) is 15.3. The van der Waals surface area contributed by atoms with E-state index in [-0.39, 0.29) is 35.0 Å². The number of unbranched alkanes of at least 4 members (excludes halogenated alkanes) is 1. The number of carbonyl (C=O) groups excluding carboxylic acids is 2. The second-order valence-electron chi connectivity index (χ2n) is 9.35. The Labute approximate surface area is 214 Å². The fourth-order valence-electron chi connectivity index (χ4n) is 4.47. The van der Waals surface area contributed by atoms with Gasteiger partial charge >= 0.3 is 14.8 Å². The third kappa shape index (κ3) is 10.5. The first kappa shape index (κ1) is 31.5. The van der Waals surface area contributed by atoms with Crippen molar-refractivity contribution in [1.82, 2.24) is 0 Å². The molecule has 0 aliphatic heterocycles. The third-order valence-electron chi connectivity index (χ3n) is 6.52. The van der Waals surface area contributed by atoms with Gasteiger partial charge in [-0.05, 0) is 64.9 Å². The molecule has 0 aliphatic rings. The second kappa shape index (κ2) is 17.0. The Balaban J connectivity index is 3.34. The summed E-state index contributed by atoms with van der Waals surface area (Å²) in [5, 5.41) is 0. The van der Waals surface area contributed by atoms with Gasteiger partial charge in [-0.2, -0.15) is 0 Å². The molecule has 0 amide bonds. The largest absolute Gasteiger partial charge is 0.504 e. The van der Waals surface area contributed by atoms with Crippen LogP contribution in [-0.4, -0.2) is 47.0 Å². The minimum Gasteiger partial charge on any atom is -0.465 e. The van der Waals surface area contributed by atoms with Crippen LogP contribution in [0.3, 0.4) is 0 Å². The van der Waals surface area contributed by atoms with E-state index >= 15 is 0 Å². The highest BCUT2D eigenvalue weighted by atomic mass is 28.4. The molecule has 0 bridgehead atoms. The van der Waals surface area contributed by atoms with Crippen molar-refractivity contribution < 1.29 is 27.6 Å². The molecule has 6 nitrogen and oxygen atoms in total. The van der Waals surface area contributed by atoms with Crippen LogP contribution in [0.4, 0.5) is 0 Å². The number of carbonyl (C=O) groups is 2. The topological polar surface area (TPSA) is 71.1 Å². The Morgan fingerprint density at radius 3 is 1.91 bits per heavy atom. The maximum Gasteiger partial charge on any atom is 0.504 e. The first-order chi connectivity index (χ1) is 16.7. The summed E-state index contributed by atoms with van der Waals surface area (Å²) >= 11 is 0. The van der Waals surface area contributed by atoms with Crippen molar-refractivity contribution in [2.75, 3.05) is 26.4 Å². The SMILES string of the molecule is CCCCOC(=O)C(CC(C)c1ccccc1)CC(CC(C)C(C)=O)[Si](OCC)(OCC)OCC. The predicted molar refractivity (Wildman–Crippen MR) is 142 cm³/mol. The second-order valence-corrected chi connectivity index (χ2v) is 12.2. The molecule has 0 aromatic heterocycles. The molecule has 0 N–H and O–H groups in total. The molecular weight excluding hydrogens is 460 g/mol. The van der Waals surface area contributed by atoms with Crippen LogP contribution in [0, 0.1) is 11.8 Å².